The van der Waals surface area contributed by atoms with E-state index in [9.17, 15) is 4.79 Å². The molecule has 1 atom stereocenters. The number of rotatable bonds is 3. The number of hydrogen-bond acceptors (Lipinski definition) is 4. The first-order chi connectivity index (χ1) is 7.29. The third-order valence-electron chi connectivity index (χ3n) is 1.93. The topological polar surface area (TPSA) is 60.2 Å². The molecule has 1 unspecified atom stereocenters. The zero-order chi connectivity index (χ0) is 10.7. The molecule has 1 aromatic rings. The fourth-order valence-electron chi connectivity index (χ4n) is 1.27. The van der Waals surface area contributed by atoms with E-state index in [0.29, 0.717) is 6.61 Å². The molecule has 0 aromatic heterocycles. The van der Waals surface area contributed by atoms with Crippen LogP contribution in [-0.4, -0.2) is 12.7 Å². The largest absolute Gasteiger partial charge is 0.494 e. The minimum Gasteiger partial charge on any atom is -0.494 e. The maximum absolute atomic E-state index is 10.7. The Morgan fingerprint density at radius 3 is 2.67 bits per heavy atom. The molecule has 5 heteroatoms. The van der Waals surface area contributed by atoms with Crippen molar-refractivity contribution >= 4 is 6.09 Å². The van der Waals surface area contributed by atoms with Gasteiger partial charge in [0, 0.05) is 5.56 Å². The molecule has 1 aliphatic rings. The first kappa shape index (κ1) is 9.64. The number of cyclic esters (lactones) is 1. The molecular weight excluding hydrogens is 196 g/mol. The van der Waals surface area contributed by atoms with Crippen LogP contribution in [0.3, 0.4) is 0 Å². The van der Waals surface area contributed by atoms with Gasteiger partial charge in [0.1, 0.15) is 5.75 Å². The average molecular weight is 206 g/mol. The predicted molar refractivity (Wildman–Crippen MR) is 51.7 cm³/mol. The highest BCUT2D eigenvalue weighted by Gasteiger charge is 2.21. The lowest BCUT2D eigenvalue weighted by atomic mass is 10.2. The second-order valence-electron chi connectivity index (χ2n) is 2.95. The molecule has 15 heavy (non-hydrogen) atoms. The van der Waals surface area contributed by atoms with Crippen LogP contribution in [0.1, 0.15) is 18.7 Å². The number of benzene rings is 1. The molecule has 78 valence electrons. The summed E-state index contributed by atoms with van der Waals surface area (Å²) in [4.78, 5) is 10.7. The Kier molecular flexibility index (Phi) is 2.62. The number of ether oxygens (including phenoxy) is 2. The monoisotopic (exact) mass is 206 g/mol. The van der Waals surface area contributed by atoms with Crippen molar-refractivity contribution in [1.29, 1.82) is 0 Å². The van der Waals surface area contributed by atoms with Gasteiger partial charge in [-0.25, -0.2) is 4.79 Å². The molecule has 0 N–H and O–H groups in total. The summed E-state index contributed by atoms with van der Waals surface area (Å²) in [5.41, 5.74) is 0.785. The molecule has 0 spiro atoms. The Bertz CT molecular complexity index is 386. The number of azo groups is 1. The van der Waals surface area contributed by atoms with E-state index in [1.54, 1.807) is 24.3 Å². The zero-order valence-corrected chi connectivity index (χ0v) is 8.21. The van der Waals surface area contributed by atoms with E-state index in [-0.39, 0.29) is 0 Å². The van der Waals surface area contributed by atoms with Gasteiger partial charge in [0.15, 0.2) is 0 Å². The standard InChI is InChI=1S/C10H10N2O3/c1-2-14-8-5-3-7(4-6-8)9-11-12-10(13)15-9/h3-6,9H,2H2,1H3. The van der Waals surface area contributed by atoms with Crippen molar-refractivity contribution in [3.8, 4) is 5.75 Å². The summed E-state index contributed by atoms with van der Waals surface area (Å²) in [7, 11) is 0. The van der Waals surface area contributed by atoms with E-state index in [2.05, 4.69) is 10.2 Å². The SMILES string of the molecule is CCOc1ccc(C2N=NC(=O)O2)cc1. The van der Waals surface area contributed by atoms with Crippen molar-refractivity contribution in [2.45, 2.75) is 13.2 Å². The number of nitrogens with zero attached hydrogens (tertiary/aromatic N) is 2. The first-order valence-electron chi connectivity index (χ1n) is 4.64. The third kappa shape index (κ3) is 2.12. The smallest absolute Gasteiger partial charge is 0.454 e. The Hall–Kier alpha value is -1.91. The minimum absolute atomic E-state index is 0.604. The van der Waals surface area contributed by atoms with Gasteiger partial charge < -0.3 is 9.47 Å². The Balaban J connectivity index is 2.10. The van der Waals surface area contributed by atoms with Crippen LogP contribution >= 0.6 is 0 Å². The molecule has 2 rings (SSSR count). The van der Waals surface area contributed by atoms with Crippen LogP contribution in [0.15, 0.2) is 34.5 Å². The van der Waals surface area contributed by atoms with Gasteiger partial charge in [-0.1, -0.05) is 5.11 Å². The molecular formula is C10H10N2O3. The molecule has 0 aliphatic carbocycles. The van der Waals surface area contributed by atoms with Crippen molar-refractivity contribution in [1.82, 2.24) is 0 Å². The summed E-state index contributed by atoms with van der Waals surface area (Å²) in [6, 6.07) is 7.21. The average Bonchev–Trinajstić information content (AvgIpc) is 2.67. The normalized spacial score (nSPS) is 19.0. The first-order valence-corrected chi connectivity index (χ1v) is 4.64. The summed E-state index contributed by atoms with van der Waals surface area (Å²) in [6.45, 7) is 2.54. The predicted octanol–water partition coefficient (Wildman–Crippen LogP) is 2.69. The van der Waals surface area contributed by atoms with Gasteiger partial charge >= 0.3 is 6.09 Å². The van der Waals surface area contributed by atoms with E-state index in [1.807, 2.05) is 6.92 Å². The van der Waals surface area contributed by atoms with Crippen LogP contribution in [0.5, 0.6) is 5.75 Å². The molecule has 5 nitrogen and oxygen atoms in total. The summed E-state index contributed by atoms with van der Waals surface area (Å²) in [5.74, 6) is 0.780. The van der Waals surface area contributed by atoms with Gasteiger partial charge in [-0.3, -0.25) is 0 Å². The zero-order valence-electron chi connectivity index (χ0n) is 8.21. The molecule has 0 radical (unpaired) electrons. The molecule has 1 aliphatic heterocycles. The highest BCUT2D eigenvalue weighted by Crippen LogP contribution is 2.26. The van der Waals surface area contributed by atoms with Crippen LogP contribution in [0, 0.1) is 0 Å². The number of carbonyl (C=O) groups is 1. The van der Waals surface area contributed by atoms with Crippen LogP contribution in [-0.2, 0) is 4.74 Å². The maximum atomic E-state index is 10.7. The number of hydrogen-bond donors (Lipinski definition) is 0. The summed E-state index contributed by atoms with van der Waals surface area (Å²) < 4.78 is 10.1. The highest BCUT2D eigenvalue weighted by atomic mass is 16.6. The summed E-state index contributed by atoms with van der Waals surface area (Å²) in [5, 5.41) is 6.96. The van der Waals surface area contributed by atoms with Crippen LogP contribution < -0.4 is 4.74 Å². The van der Waals surface area contributed by atoms with Gasteiger partial charge in [-0.2, -0.15) is 0 Å². The van der Waals surface area contributed by atoms with E-state index in [0.717, 1.165) is 11.3 Å². The molecule has 0 bridgehead atoms. The number of carbonyl (C=O) groups excluding carboxylic acids is 1. The third-order valence-corrected chi connectivity index (χ3v) is 1.93. The highest BCUT2D eigenvalue weighted by molar-refractivity contribution is 5.69. The van der Waals surface area contributed by atoms with Crippen molar-refractivity contribution in [3.05, 3.63) is 29.8 Å². The van der Waals surface area contributed by atoms with Gasteiger partial charge in [0.05, 0.1) is 6.61 Å². The lowest BCUT2D eigenvalue weighted by molar-refractivity contribution is 0.133. The minimum atomic E-state index is -0.645. The lowest BCUT2D eigenvalue weighted by Gasteiger charge is -2.07. The van der Waals surface area contributed by atoms with Gasteiger partial charge in [-0.05, 0) is 31.2 Å². The Morgan fingerprint density at radius 2 is 2.13 bits per heavy atom. The van der Waals surface area contributed by atoms with Crippen LogP contribution in [0.2, 0.25) is 0 Å². The Morgan fingerprint density at radius 1 is 1.40 bits per heavy atom. The van der Waals surface area contributed by atoms with E-state index >= 15 is 0 Å². The molecule has 0 saturated heterocycles. The van der Waals surface area contributed by atoms with Gasteiger partial charge in [-0.15, -0.1) is 5.11 Å². The van der Waals surface area contributed by atoms with Crippen LogP contribution in [0.25, 0.3) is 0 Å². The van der Waals surface area contributed by atoms with E-state index in [1.165, 1.54) is 0 Å². The van der Waals surface area contributed by atoms with Crippen molar-refractivity contribution in [3.63, 3.8) is 0 Å². The summed E-state index contributed by atoms with van der Waals surface area (Å²) >= 11 is 0. The quantitative estimate of drug-likeness (QED) is 0.763. The Labute approximate surface area is 86.7 Å². The fraction of sp³-hybridized carbons (Fsp3) is 0.300. The molecule has 1 heterocycles. The maximum Gasteiger partial charge on any atom is 0.454 e. The van der Waals surface area contributed by atoms with E-state index in [4.69, 9.17) is 9.47 Å². The van der Waals surface area contributed by atoms with Crippen molar-refractivity contribution in [2.75, 3.05) is 6.61 Å². The summed E-state index contributed by atoms with van der Waals surface area (Å²) in [6.07, 6.45) is -1.25. The van der Waals surface area contributed by atoms with Crippen molar-refractivity contribution in [2.24, 2.45) is 10.2 Å². The number of amides is 1. The second-order valence-corrected chi connectivity index (χ2v) is 2.95. The van der Waals surface area contributed by atoms with Gasteiger partial charge in [0.2, 0.25) is 6.23 Å². The van der Waals surface area contributed by atoms with E-state index < -0.39 is 12.3 Å². The molecule has 1 aromatic carbocycles. The molecule has 0 saturated carbocycles. The van der Waals surface area contributed by atoms with Gasteiger partial charge in [0.25, 0.3) is 0 Å². The lowest BCUT2D eigenvalue weighted by Crippen LogP contribution is -1.98. The molecule has 1 amide bonds. The van der Waals surface area contributed by atoms with Crippen molar-refractivity contribution < 1.29 is 14.3 Å². The molecule has 0 fully saturated rings. The van der Waals surface area contributed by atoms with Crippen LogP contribution in [0.4, 0.5) is 4.79 Å². The second kappa shape index (κ2) is 4.08. The fourth-order valence-corrected chi connectivity index (χ4v) is 1.27.